The second kappa shape index (κ2) is 3.32. The van der Waals surface area contributed by atoms with Crippen LogP contribution in [-0.2, 0) is 10.2 Å². The Balaban J connectivity index is 3.93. The van der Waals surface area contributed by atoms with Gasteiger partial charge in [-0.2, -0.15) is 8.42 Å². The van der Waals surface area contributed by atoms with E-state index in [4.69, 9.17) is 0 Å². The molecule has 62 valence electrons. The van der Waals surface area contributed by atoms with Crippen LogP contribution in [0.15, 0.2) is 0 Å². The molecule has 0 bridgehead atoms. The Morgan fingerprint density at radius 1 is 1.30 bits per heavy atom. The van der Waals surface area contributed by atoms with Gasteiger partial charge in [-0.15, -0.1) is 3.89 Å². The summed E-state index contributed by atoms with van der Waals surface area (Å²) in [5.74, 6) is -0.245. The van der Waals surface area contributed by atoms with E-state index in [0.717, 1.165) is 0 Å². The summed E-state index contributed by atoms with van der Waals surface area (Å²) in [4.78, 5) is 0. The molecule has 1 unspecified atom stereocenters. The van der Waals surface area contributed by atoms with Gasteiger partial charge in [0, 0.05) is 0 Å². The van der Waals surface area contributed by atoms with Gasteiger partial charge in [0.1, 0.15) is 0 Å². The molecule has 0 aromatic rings. The lowest BCUT2D eigenvalue weighted by Crippen LogP contribution is -2.14. The fraction of sp³-hybridized carbons (Fsp3) is 1.00. The third kappa shape index (κ3) is 4.73. The van der Waals surface area contributed by atoms with Crippen LogP contribution in [0.4, 0.5) is 3.89 Å². The van der Waals surface area contributed by atoms with Crippen LogP contribution in [0, 0.1) is 11.8 Å². The van der Waals surface area contributed by atoms with Crippen LogP contribution < -0.4 is 0 Å². The third-order valence-corrected chi connectivity index (χ3v) is 2.52. The predicted octanol–water partition coefficient (Wildman–Crippen LogP) is 1.58. The van der Waals surface area contributed by atoms with Crippen molar-refractivity contribution in [3.05, 3.63) is 0 Å². The van der Waals surface area contributed by atoms with Crippen molar-refractivity contribution in [3.63, 3.8) is 0 Å². The van der Waals surface area contributed by atoms with Crippen molar-refractivity contribution in [1.82, 2.24) is 0 Å². The average Bonchev–Trinajstić information content (AvgIpc) is 1.60. The van der Waals surface area contributed by atoms with Crippen molar-refractivity contribution in [1.29, 1.82) is 0 Å². The first-order valence-corrected chi connectivity index (χ1v) is 4.80. The molecule has 0 N–H and O–H groups in total. The summed E-state index contributed by atoms with van der Waals surface area (Å²) in [6.45, 7) is 5.47. The first-order valence-electron chi connectivity index (χ1n) is 3.25. The maximum Gasteiger partial charge on any atom is 0.302 e. The van der Waals surface area contributed by atoms with Crippen molar-refractivity contribution in [3.8, 4) is 0 Å². The highest BCUT2D eigenvalue weighted by Gasteiger charge is 2.16. The Hall–Kier alpha value is -0.120. The molecule has 0 aromatic heterocycles. The van der Waals surface area contributed by atoms with Gasteiger partial charge in [0.15, 0.2) is 0 Å². The Labute approximate surface area is 61.7 Å². The van der Waals surface area contributed by atoms with Crippen LogP contribution in [-0.4, -0.2) is 14.2 Å². The Morgan fingerprint density at radius 2 is 1.70 bits per heavy atom. The standard InChI is InChI=1S/C6H13FO2S/c1-5(2)6(3)4-10(7,8)9/h5-6H,4H2,1-3H3. The van der Waals surface area contributed by atoms with Crippen LogP contribution in [0.3, 0.4) is 0 Å². The largest absolute Gasteiger partial charge is 0.302 e. The molecular formula is C6H13FO2S. The minimum Gasteiger partial charge on any atom is -0.195 e. The second-order valence-electron chi connectivity index (χ2n) is 2.93. The molecule has 2 nitrogen and oxygen atoms in total. The molecule has 0 saturated carbocycles. The van der Waals surface area contributed by atoms with Crippen molar-refractivity contribution < 1.29 is 12.3 Å². The highest BCUT2D eigenvalue weighted by atomic mass is 32.3. The van der Waals surface area contributed by atoms with Gasteiger partial charge >= 0.3 is 10.2 Å². The van der Waals surface area contributed by atoms with Gasteiger partial charge in [-0.1, -0.05) is 20.8 Å². The van der Waals surface area contributed by atoms with E-state index in [1.807, 2.05) is 13.8 Å². The second-order valence-corrected chi connectivity index (χ2v) is 4.34. The molecule has 0 heterocycles. The van der Waals surface area contributed by atoms with Crippen molar-refractivity contribution in [2.75, 3.05) is 5.75 Å². The summed E-state index contributed by atoms with van der Waals surface area (Å²) in [5, 5.41) is 0. The Morgan fingerprint density at radius 3 is 1.80 bits per heavy atom. The van der Waals surface area contributed by atoms with Crippen LogP contribution in [0.5, 0.6) is 0 Å². The van der Waals surface area contributed by atoms with E-state index in [-0.39, 0.29) is 17.6 Å². The Bertz CT molecular complexity index is 184. The smallest absolute Gasteiger partial charge is 0.195 e. The SMILES string of the molecule is CC(C)C(C)CS(=O)(=O)F. The molecule has 4 heteroatoms. The van der Waals surface area contributed by atoms with Crippen molar-refractivity contribution >= 4 is 10.2 Å². The topological polar surface area (TPSA) is 34.1 Å². The molecule has 0 rings (SSSR count). The molecule has 1 atom stereocenters. The minimum absolute atomic E-state index is 0.102. The van der Waals surface area contributed by atoms with E-state index in [2.05, 4.69) is 0 Å². The van der Waals surface area contributed by atoms with E-state index in [1.54, 1.807) is 6.92 Å². The molecule has 0 amide bonds. The monoisotopic (exact) mass is 168 g/mol. The van der Waals surface area contributed by atoms with Gasteiger partial charge in [0.25, 0.3) is 0 Å². The lowest BCUT2D eigenvalue weighted by molar-refractivity contribution is 0.443. The molecule has 0 aromatic carbocycles. The first kappa shape index (κ1) is 9.88. The highest BCUT2D eigenvalue weighted by Crippen LogP contribution is 2.12. The lowest BCUT2D eigenvalue weighted by atomic mass is 10.0. The highest BCUT2D eigenvalue weighted by molar-refractivity contribution is 7.86. The van der Waals surface area contributed by atoms with Gasteiger partial charge in [-0.3, -0.25) is 0 Å². The quantitative estimate of drug-likeness (QED) is 0.599. The predicted molar refractivity (Wildman–Crippen MR) is 38.9 cm³/mol. The number of halogens is 1. The van der Waals surface area contributed by atoms with Crippen molar-refractivity contribution in [2.45, 2.75) is 20.8 Å². The molecule has 0 aliphatic carbocycles. The fourth-order valence-corrected chi connectivity index (χ4v) is 1.52. The molecule has 0 saturated heterocycles. The molecule has 0 aliphatic heterocycles. The summed E-state index contributed by atoms with van der Waals surface area (Å²) in [7, 11) is -4.27. The summed E-state index contributed by atoms with van der Waals surface area (Å²) < 4.78 is 32.1. The summed E-state index contributed by atoms with van der Waals surface area (Å²) in [6, 6.07) is 0. The van der Waals surface area contributed by atoms with E-state index >= 15 is 0 Å². The third-order valence-electron chi connectivity index (χ3n) is 1.60. The average molecular weight is 168 g/mol. The molecule has 0 spiro atoms. The fourth-order valence-electron chi connectivity index (χ4n) is 0.506. The van der Waals surface area contributed by atoms with Gasteiger partial charge in [0.2, 0.25) is 0 Å². The van der Waals surface area contributed by atoms with Gasteiger partial charge < -0.3 is 0 Å². The first-order chi connectivity index (χ1) is 4.33. The maximum absolute atomic E-state index is 12.0. The number of rotatable bonds is 3. The zero-order valence-corrected chi connectivity index (χ0v) is 7.28. The summed E-state index contributed by atoms with van der Waals surface area (Å²) in [5.41, 5.74) is 0. The van der Waals surface area contributed by atoms with Gasteiger partial charge in [-0.25, -0.2) is 0 Å². The van der Waals surface area contributed by atoms with E-state index in [1.165, 1.54) is 0 Å². The van der Waals surface area contributed by atoms with Crippen LogP contribution >= 0.6 is 0 Å². The zero-order chi connectivity index (χ0) is 8.36. The van der Waals surface area contributed by atoms with Crippen LogP contribution in [0.1, 0.15) is 20.8 Å². The van der Waals surface area contributed by atoms with Crippen LogP contribution in [0.2, 0.25) is 0 Å². The summed E-state index contributed by atoms with van der Waals surface area (Å²) in [6.07, 6.45) is 0. The summed E-state index contributed by atoms with van der Waals surface area (Å²) >= 11 is 0. The van der Waals surface area contributed by atoms with Crippen molar-refractivity contribution in [2.24, 2.45) is 11.8 Å². The van der Waals surface area contributed by atoms with Gasteiger partial charge in [-0.05, 0) is 11.8 Å². The Kier molecular flexibility index (Phi) is 3.28. The molecule has 0 radical (unpaired) electrons. The normalized spacial score (nSPS) is 15.7. The lowest BCUT2D eigenvalue weighted by Gasteiger charge is -2.11. The van der Waals surface area contributed by atoms with Gasteiger partial charge in [0.05, 0.1) is 5.75 Å². The number of hydrogen-bond acceptors (Lipinski definition) is 2. The van der Waals surface area contributed by atoms with Crippen LogP contribution in [0.25, 0.3) is 0 Å². The van der Waals surface area contributed by atoms with E-state index < -0.39 is 10.2 Å². The molecule has 0 aliphatic rings. The zero-order valence-electron chi connectivity index (χ0n) is 6.46. The van der Waals surface area contributed by atoms with E-state index in [0.29, 0.717) is 0 Å². The maximum atomic E-state index is 12.0. The molecule has 0 fully saturated rings. The van der Waals surface area contributed by atoms with E-state index in [9.17, 15) is 12.3 Å². The molecule has 10 heavy (non-hydrogen) atoms. The minimum atomic E-state index is -4.27. The molecular weight excluding hydrogens is 155 g/mol. The number of hydrogen-bond donors (Lipinski definition) is 0.